The van der Waals surface area contributed by atoms with Gasteiger partial charge in [0.25, 0.3) is 0 Å². The highest BCUT2D eigenvalue weighted by Gasteiger charge is 2.10. The molecule has 0 aliphatic rings. The van der Waals surface area contributed by atoms with Gasteiger partial charge in [0.2, 0.25) is 11.7 Å². The third-order valence-corrected chi connectivity index (χ3v) is 5.99. The smallest absolute Gasteiger partial charge is 0.227 e. The Balaban J connectivity index is 1.34. The molecule has 5 nitrogen and oxygen atoms in total. The van der Waals surface area contributed by atoms with E-state index in [-0.39, 0.29) is 0 Å². The van der Waals surface area contributed by atoms with Crippen LogP contribution in [0.1, 0.15) is 23.4 Å². The highest BCUT2D eigenvalue weighted by molar-refractivity contribution is 7.99. The number of imidazole rings is 1. The third kappa shape index (κ3) is 4.31. The maximum absolute atomic E-state index is 5.36. The third-order valence-electron chi connectivity index (χ3n) is 4.07. The summed E-state index contributed by atoms with van der Waals surface area (Å²) in [6, 6.07) is 10.5. The molecule has 0 saturated heterocycles. The van der Waals surface area contributed by atoms with Gasteiger partial charge in [-0.05, 0) is 55.0 Å². The van der Waals surface area contributed by atoms with Crippen molar-refractivity contribution in [3.63, 3.8) is 0 Å². The zero-order chi connectivity index (χ0) is 18.6. The normalized spacial score (nSPS) is 11.2. The summed E-state index contributed by atoms with van der Waals surface area (Å²) in [7, 11) is 0. The van der Waals surface area contributed by atoms with E-state index >= 15 is 0 Å². The molecule has 4 rings (SSSR count). The lowest BCUT2D eigenvalue weighted by Crippen LogP contribution is -1.97. The van der Waals surface area contributed by atoms with Gasteiger partial charge in [-0.1, -0.05) is 29.1 Å². The Morgan fingerprint density at radius 2 is 2.04 bits per heavy atom. The predicted octanol–water partition coefficient (Wildman–Crippen LogP) is 5.33. The van der Waals surface area contributed by atoms with E-state index in [2.05, 4.69) is 51.7 Å². The predicted molar refractivity (Wildman–Crippen MR) is 110 cm³/mol. The Labute approximate surface area is 166 Å². The van der Waals surface area contributed by atoms with Gasteiger partial charge in [-0.2, -0.15) is 4.98 Å². The second-order valence-corrected chi connectivity index (χ2v) is 8.38. The van der Waals surface area contributed by atoms with E-state index in [1.54, 1.807) is 23.1 Å². The molecular weight excluding hydrogens is 376 g/mol. The van der Waals surface area contributed by atoms with E-state index in [0.717, 1.165) is 34.3 Å². The minimum atomic E-state index is 0.679. The highest BCUT2D eigenvalue weighted by atomic mass is 32.2. The molecule has 0 fully saturated rings. The molecule has 138 valence electrons. The fourth-order valence-corrected chi connectivity index (χ4v) is 4.49. The number of hydrogen-bond acceptors (Lipinski definition) is 6. The van der Waals surface area contributed by atoms with Gasteiger partial charge in [0, 0.05) is 30.3 Å². The Hall–Kier alpha value is -2.38. The number of thioether (sulfide) groups is 1. The number of aryl methyl sites for hydroxylation is 3. The van der Waals surface area contributed by atoms with Gasteiger partial charge in [-0.3, -0.25) is 4.57 Å². The van der Waals surface area contributed by atoms with E-state index in [1.165, 1.54) is 11.1 Å². The first kappa shape index (κ1) is 18.0. The van der Waals surface area contributed by atoms with Crippen molar-refractivity contribution in [1.29, 1.82) is 0 Å². The van der Waals surface area contributed by atoms with Crippen LogP contribution in [0.5, 0.6) is 0 Å². The molecular formula is C20H20N4OS2. The average molecular weight is 397 g/mol. The van der Waals surface area contributed by atoms with Crippen molar-refractivity contribution in [2.24, 2.45) is 0 Å². The molecule has 1 aromatic carbocycles. The largest absolute Gasteiger partial charge is 0.339 e. The Kier molecular flexibility index (Phi) is 5.40. The van der Waals surface area contributed by atoms with Crippen molar-refractivity contribution in [1.82, 2.24) is 19.7 Å². The molecule has 0 amide bonds. The number of aromatic nitrogens is 4. The van der Waals surface area contributed by atoms with Crippen molar-refractivity contribution in [3.8, 4) is 16.4 Å². The second-order valence-electron chi connectivity index (χ2n) is 6.37. The number of benzene rings is 1. The van der Waals surface area contributed by atoms with Crippen LogP contribution in [0, 0.1) is 13.8 Å². The monoisotopic (exact) mass is 396 g/mol. The molecule has 0 radical (unpaired) electrons. The number of thiophene rings is 1. The van der Waals surface area contributed by atoms with Crippen molar-refractivity contribution in [2.45, 2.75) is 31.8 Å². The number of hydrogen-bond donors (Lipinski definition) is 0. The standard InChI is InChI=1S/C20H20N4OS2/c1-14-11-15(2)13-16(12-14)24-8-7-21-20(24)27-10-4-6-18-22-19(23-25-18)17-5-3-9-26-17/h3,5,7-9,11-13H,4,6,10H2,1-2H3. The van der Waals surface area contributed by atoms with Crippen molar-refractivity contribution in [3.05, 3.63) is 65.1 Å². The minimum absolute atomic E-state index is 0.679. The Morgan fingerprint density at radius 1 is 1.19 bits per heavy atom. The Bertz CT molecular complexity index is 1000. The summed E-state index contributed by atoms with van der Waals surface area (Å²) in [5, 5.41) is 7.08. The van der Waals surface area contributed by atoms with E-state index in [0.29, 0.717) is 11.7 Å². The van der Waals surface area contributed by atoms with Crippen LogP contribution in [-0.2, 0) is 6.42 Å². The number of nitrogens with zero attached hydrogens (tertiary/aromatic N) is 4. The molecule has 0 bridgehead atoms. The molecule has 0 N–H and O–H groups in total. The van der Waals surface area contributed by atoms with E-state index < -0.39 is 0 Å². The van der Waals surface area contributed by atoms with Crippen LogP contribution in [0.2, 0.25) is 0 Å². The molecule has 0 saturated carbocycles. The summed E-state index contributed by atoms with van der Waals surface area (Å²) in [6.07, 6.45) is 5.60. The van der Waals surface area contributed by atoms with Crippen LogP contribution in [-0.4, -0.2) is 25.4 Å². The fraction of sp³-hybridized carbons (Fsp3) is 0.250. The van der Waals surface area contributed by atoms with Gasteiger partial charge in [0.05, 0.1) is 4.88 Å². The quantitative estimate of drug-likeness (QED) is 0.312. The molecule has 0 unspecified atom stereocenters. The maximum atomic E-state index is 5.36. The molecule has 0 aliphatic heterocycles. The molecule has 4 aromatic rings. The molecule has 0 aliphatic carbocycles. The molecule has 0 atom stereocenters. The first-order valence-electron chi connectivity index (χ1n) is 8.80. The summed E-state index contributed by atoms with van der Waals surface area (Å²) in [5.74, 6) is 2.31. The fourth-order valence-electron chi connectivity index (χ4n) is 2.93. The lowest BCUT2D eigenvalue weighted by atomic mass is 10.1. The zero-order valence-corrected chi connectivity index (χ0v) is 16.9. The van der Waals surface area contributed by atoms with Crippen LogP contribution in [0.4, 0.5) is 0 Å². The summed E-state index contributed by atoms with van der Waals surface area (Å²) in [6.45, 7) is 4.24. The van der Waals surface area contributed by atoms with Crippen molar-refractivity contribution < 1.29 is 4.52 Å². The topological polar surface area (TPSA) is 56.7 Å². The molecule has 3 aromatic heterocycles. The summed E-state index contributed by atoms with van der Waals surface area (Å²) >= 11 is 3.37. The lowest BCUT2D eigenvalue weighted by Gasteiger charge is -2.09. The van der Waals surface area contributed by atoms with Crippen LogP contribution < -0.4 is 0 Å². The van der Waals surface area contributed by atoms with E-state index in [9.17, 15) is 0 Å². The van der Waals surface area contributed by atoms with Gasteiger partial charge in [0.15, 0.2) is 5.16 Å². The molecule has 0 spiro atoms. The summed E-state index contributed by atoms with van der Waals surface area (Å²) < 4.78 is 7.51. The van der Waals surface area contributed by atoms with Crippen LogP contribution in [0.25, 0.3) is 16.4 Å². The van der Waals surface area contributed by atoms with Gasteiger partial charge < -0.3 is 4.52 Å². The molecule has 7 heteroatoms. The SMILES string of the molecule is Cc1cc(C)cc(-n2ccnc2SCCCc2nc(-c3cccs3)no2)c1. The Morgan fingerprint density at radius 3 is 2.81 bits per heavy atom. The van der Waals surface area contributed by atoms with Gasteiger partial charge in [0.1, 0.15) is 0 Å². The van der Waals surface area contributed by atoms with E-state index in [4.69, 9.17) is 4.52 Å². The van der Waals surface area contributed by atoms with Crippen molar-refractivity contribution in [2.75, 3.05) is 5.75 Å². The van der Waals surface area contributed by atoms with Crippen LogP contribution in [0.15, 0.2) is 57.8 Å². The average Bonchev–Trinajstić information content (AvgIpc) is 3.38. The van der Waals surface area contributed by atoms with Gasteiger partial charge >= 0.3 is 0 Å². The molecule has 3 heterocycles. The second kappa shape index (κ2) is 8.10. The van der Waals surface area contributed by atoms with Gasteiger partial charge in [-0.25, -0.2) is 4.98 Å². The van der Waals surface area contributed by atoms with Gasteiger partial charge in [-0.15, -0.1) is 11.3 Å². The first-order valence-corrected chi connectivity index (χ1v) is 10.7. The van der Waals surface area contributed by atoms with Crippen LogP contribution in [0.3, 0.4) is 0 Å². The lowest BCUT2D eigenvalue weighted by molar-refractivity contribution is 0.378. The number of rotatable bonds is 7. The first-order chi connectivity index (χ1) is 13.2. The van der Waals surface area contributed by atoms with Crippen molar-refractivity contribution >= 4 is 23.1 Å². The van der Waals surface area contributed by atoms with Crippen LogP contribution >= 0.6 is 23.1 Å². The minimum Gasteiger partial charge on any atom is -0.339 e. The summed E-state index contributed by atoms with van der Waals surface area (Å²) in [5.41, 5.74) is 3.67. The maximum Gasteiger partial charge on any atom is 0.227 e. The van der Waals surface area contributed by atoms with E-state index in [1.807, 2.05) is 29.9 Å². The summed E-state index contributed by atoms with van der Waals surface area (Å²) in [4.78, 5) is 10.0. The molecule has 27 heavy (non-hydrogen) atoms. The zero-order valence-electron chi connectivity index (χ0n) is 15.3. The highest BCUT2D eigenvalue weighted by Crippen LogP contribution is 2.24.